The SMILES string of the molecule is Cc1cc(-n2c3ccncc3c3cnccc32)ccc1-c1c(C)cc(-n2c3ccncc3c3cnccc32)cc1C. The largest absolute Gasteiger partial charge is 0.309 e. The van der Waals surface area contributed by atoms with E-state index in [-0.39, 0.29) is 0 Å². The lowest BCUT2D eigenvalue weighted by Crippen LogP contribution is -2.00. The fourth-order valence-electron chi connectivity index (χ4n) is 6.54. The van der Waals surface area contributed by atoms with Crippen molar-refractivity contribution in [2.75, 3.05) is 0 Å². The van der Waals surface area contributed by atoms with Crippen LogP contribution in [0, 0.1) is 20.8 Å². The summed E-state index contributed by atoms with van der Waals surface area (Å²) in [5.41, 5.74) is 13.0. The zero-order valence-corrected chi connectivity index (χ0v) is 23.0. The zero-order chi connectivity index (χ0) is 27.7. The molecule has 0 amide bonds. The highest BCUT2D eigenvalue weighted by Crippen LogP contribution is 2.37. The number of pyridine rings is 4. The highest BCUT2D eigenvalue weighted by atomic mass is 15.0. The molecule has 6 heteroatoms. The Morgan fingerprint density at radius 2 is 0.829 bits per heavy atom. The van der Waals surface area contributed by atoms with E-state index in [1.54, 1.807) is 0 Å². The van der Waals surface area contributed by atoms with Gasteiger partial charge in [-0.1, -0.05) is 6.07 Å². The minimum atomic E-state index is 1.11. The first-order valence-electron chi connectivity index (χ1n) is 13.7. The van der Waals surface area contributed by atoms with Crippen molar-refractivity contribution in [2.45, 2.75) is 20.8 Å². The summed E-state index contributed by atoms with van der Waals surface area (Å²) < 4.78 is 4.62. The molecule has 8 rings (SSSR count). The average molecular weight is 531 g/mol. The maximum Gasteiger partial charge on any atom is 0.0572 e. The smallest absolute Gasteiger partial charge is 0.0572 e. The van der Waals surface area contributed by atoms with Crippen LogP contribution in [-0.4, -0.2) is 29.1 Å². The van der Waals surface area contributed by atoms with Gasteiger partial charge in [0.2, 0.25) is 0 Å². The van der Waals surface area contributed by atoms with Crippen LogP contribution in [0.1, 0.15) is 16.7 Å². The van der Waals surface area contributed by atoms with E-state index in [0.29, 0.717) is 0 Å². The topological polar surface area (TPSA) is 61.4 Å². The molecule has 0 atom stereocenters. The summed E-state index contributed by atoms with van der Waals surface area (Å²) in [6.07, 6.45) is 15.1. The van der Waals surface area contributed by atoms with E-state index >= 15 is 0 Å². The monoisotopic (exact) mass is 530 g/mol. The second-order valence-electron chi connectivity index (χ2n) is 10.7. The van der Waals surface area contributed by atoms with E-state index in [2.05, 4.69) is 104 Å². The van der Waals surface area contributed by atoms with Crippen molar-refractivity contribution in [3.8, 4) is 22.5 Å². The van der Waals surface area contributed by atoms with Gasteiger partial charge in [0.25, 0.3) is 0 Å². The molecule has 2 aromatic carbocycles. The van der Waals surface area contributed by atoms with Crippen molar-refractivity contribution < 1.29 is 0 Å². The summed E-state index contributed by atoms with van der Waals surface area (Å²) in [6, 6.07) is 19.7. The first-order chi connectivity index (χ1) is 20.1. The Morgan fingerprint density at radius 1 is 0.439 bits per heavy atom. The molecule has 6 nitrogen and oxygen atoms in total. The molecule has 0 aliphatic carbocycles. The molecule has 196 valence electrons. The Labute approximate surface area is 236 Å². The highest BCUT2D eigenvalue weighted by molar-refractivity contribution is 6.09. The second kappa shape index (κ2) is 8.83. The Balaban J connectivity index is 1.28. The van der Waals surface area contributed by atoms with Gasteiger partial charge >= 0.3 is 0 Å². The van der Waals surface area contributed by atoms with Crippen LogP contribution < -0.4 is 0 Å². The van der Waals surface area contributed by atoms with Gasteiger partial charge in [0.1, 0.15) is 0 Å². The maximum absolute atomic E-state index is 4.38. The standard InChI is InChI=1S/C35H26N6/c1-21-14-24(40-31-6-10-36-17-27(31)28-18-37-11-7-32(28)40)4-5-26(21)35-22(2)15-25(16-23(35)3)41-33-8-12-38-19-29(33)30-20-39-13-9-34(30)41/h4-20H,1-3H3. The molecule has 0 fully saturated rings. The number of aryl methyl sites for hydroxylation is 3. The van der Waals surface area contributed by atoms with Gasteiger partial charge in [0, 0.05) is 82.5 Å². The van der Waals surface area contributed by atoms with Gasteiger partial charge in [-0.3, -0.25) is 19.9 Å². The lowest BCUT2D eigenvalue weighted by molar-refractivity contribution is 1.15. The average Bonchev–Trinajstić information content (AvgIpc) is 3.51. The van der Waals surface area contributed by atoms with Crippen LogP contribution >= 0.6 is 0 Å². The van der Waals surface area contributed by atoms with Crippen molar-refractivity contribution in [2.24, 2.45) is 0 Å². The lowest BCUT2D eigenvalue weighted by atomic mass is 9.91. The molecule has 6 aromatic heterocycles. The van der Waals surface area contributed by atoms with Crippen LogP contribution in [-0.2, 0) is 0 Å². The molecule has 0 bridgehead atoms. The van der Waals surface area contributed by atoms with Gasteiger partial charge in [-0.15, -0.1) is 0 Å². The molecular weight excluding hydrogens is 504 g/mol. The maximum atomic E-state index is 4.38. The molecule has 6 heterocycles. The van der Waals surface area contributed by atoms with Crippen molar-refractivity contribution >= 4 is 43.6 Å². The Kier molecular flexibility index (Phi) is 5.06. The minimum absolute atomic E-state index is 1.11. The van der Waals surface area contributed by atoms with Crippen LogP contribution in [0.15, 0.2) is 104 Å². The number of hydrogen-bond acceptors (Lipinski definition) is 4. The summed E-state index contributed by atoms with van der Waals surface area (Å²) in [6.45, 7) is 6.63. The van der Waals surface area contributed by atoms with Crippen LogP contribution in [0.5, 0.6) is 0 Å². The van der Waals surface area contributed by atoms with E-state index in [1.165, 1.54) is 27.8 Å². The molecule has 0 saturated carbocycles. The van der Waals surface area contributed by atoms with Crippen LogP contribution in [0.4, 0.5) is 0 Å². The number of hydrogen-bond donors (Lipinski definition) is 0. The van der Waals surface area contributed by atoms with Crippen molar-refractivity contribution in [1.29, 1.82) is 0 Å². The van der Waals surface area contributed by atoms with E-state index in [1.807, 2.05) is 49.6 Å². The Morgan fingerprint density at radius 3 is 1.24 bits per heavy atom. The summed E-state index contributed by atoms with van der Waals surface area (Å²) in [5, 5.41) is 4.43. The number of fused-ring (bicyclic) bond motifs is 6. The van der Waals surface area contributed by atoms with Crippen LogP contribution in [0.25, 0.3) is 66.1 Å². The zero-order valence-electron chi connectivity index (χ0n) is 23.0. The van der Waals surface area contributed by atoms with Crippen molar-refractivity contribution in [3.05, 3.63) is 121 Å². The first kappa shape index (κ1) is 23.5. The van der Waals surface area contributed by atoms with E-state index in [0.717, 1.165) is 55.0 Å². The van der Waals surface area contributed by atoms with Gasteiger partial charge in [-0.2, -0.15) is 0 Å². The van der Waals surface area contributed by atoms with Crippen LogP contribution in [0.2, 0.25) is 0 Å². The lowest BCUT2D eigenvalue weighted by Gasteiger charge is -2.18. The van der Waals surface area contributed by atoms with Gasteiger partial charge < -0.3 is 9.13 Å². The third-order valence-corrected chi connectivity index (χ3v) is 8.25. The summed E-state index contributed by atoms with van der Waals surface area (Å²) in [7, 11) is 0. The molecule has 0 saturated heterocycles. The first-order valence-corrected chi connectivity index (χ1v) is 13.7. The van der Waals surface area contributed by atoms with Gasteiger partial charge in [-0.05, 0) is 97.1 Å². The number of nitrogens with zero attached hydrogens (tertiary/aromatic N) is 6. The fraction of sp³-hybridized carbons (Fsp3) is 0.0857. The third-order valence-electron chi connectivity index (χ3n) is 8.25. The van der Waals surface area contributed by atoms with Crippen molar-refractivity contribution in [1.82, 2.24) is 29.1 Å². The van der Waals surface area contributed by atoms with E-state index in [9.17, 15) is 0 Å². The summed E-state index contributed by atoms with van der Waals surface area (Å²) in [4.78, 5) is 17.5. The van der Waals surface area contributed by atoms with Gasteiger partial charge in [0.15, 0.2) is 0 Å². The third kappa shape index (κ3) is 3.44. The molecule has 0 radical (unpaired) electrons. The molecule has 41 heavy (non-hydrogen) atoms. The van der Waals surface area contributed by atoms with Crippen molar-refractivity contribution in [3.63, 3.8) is 0 Å². The Hall–Kier alpha value is -5.36. The molecule has 8 aromatic rings. The summed E-state index contributed by atoms with van der Waals surface area (Å²) >= 11 is 0. The predicted octanol–water partition coefficient (Wildman–Crippen LogP) is 8.05. The van der Waals surface area contributed by atoms with E-state index < -0.39 is 0 Å². The molecule has 0 N–H and O–H groups in total. The molecule has 0 spiro atoms. The number of rotatable bonds is 3. The molecule has 0 aliphatic rings. The minimum Gasteiger partial charge on any atom is -0.309 e. The number of benzene rings is 2. The predicted molar refractivity (Wildman–Crippen MR) is 166 cm³/mol. The quantitative estimate of drug-likeness (QED) is 0.232. The molecule has 0 aliphatic heterocycles. The molecular formula is C35H26N6. The normalized spacial score (nSPS) is 11.8. The fourth-order valence-corrected chi connectivity index (χ4v) is 6.54. The van der Waals surface area contributed by atoms with Gasteiger partial charge in [-0.25, -0.2) is 0 Å². The van der Waals surface area contributed by atoms with Crippen LogP contribution in [0.3, 0.4) is 0 Å². The second-order valence-corrected chi connectivity index (χ2v) is 10.7. The van der Waals surface area contributed by atoms with E-state index in [4.69, 9.17) is 0 Å². The van der Waals surface area contributed by atoms with Gasteiger partial charge in [0.05, 0.1) is 22.1 Å². The highest BCUT2D eigenvalue weighted by Gasteiger charge is 2.17. The molecule has 0 unspecified atom stereocenters. The number of aromatic nitrogens is 6. The Bertz CT molecular complexity index is 2180. The summed E-state index contributed by atoms with van der Waals surface area (Å²) in [5.74, 6) is 0.